The molecule has 0 radical (unpaired) electrons. The molecule has 27 heavy (non-hydrogen) atoms. The number of likely N-dealkylation sites (tertiary alicyclic amines) is 1. The highest BCUT2D eigenvalue weighted by molar-refractivity contribution is 9.10. The van der Waals surface area contributed by atoms with Crippen molar-refractivity contribution in [1.82, 2.24) is 4.90 Å². The van der Waals surface area contributed by atoms with Gasteiger partial charge < -0.3 is 14.7 Å². The van der Waals surface area contributed by atoms with Crippen molar-refractivity contribution in [3.8, 4) is 0 Å². The van der Waals surface area contributed by atoms with Crippen LogP contribution in [0.4, 0.5) is 0 Å². The van der Waals surface area contributed by atoms with E-state index in [0.717, 1.165) is 10.0 Å². The Labute approximate surface area is 166 Å². The smallest absolute Gasteiger partial charge is 0.295 e. The van der Waals surface area contributed by atoms with Crippen LogP contribution in [0, 0.1) is 0 Å². The number of carbonyl (C=O) groups excluding carboxylic acids is 2. The van der Waals surface area contributed by atoms with Gasteiger partial charge in [0.05, 0.1) is 11.6 Å². The van der Waals surface area contributed by atoms with Crippen molar-refractivity contribution in [3.63, 3.8) is 0 Å². The van der Waals surface area contributed by atoms with Crippen LogP contribution in [0.5, 0.6) is 0 Å². The first kappa shape index (κ1) is 19.3. The fourth-order valence-corrected chi connectivity index (χ4v) is 3.68. The number of nitrogens with zero attached hydrogens (tertiary/aromatic N) is 1. The average Bonchev–Trinajstić information content (AvgIpc) is 2.93. The van der Waals surface area contributed by atoms with Gasteiger partial charge in [0.2, 0.25) is 0 Å². The molecular formula is C21H20BrNO4. The van der Waals surface area contributed by atoms with Gasteiger partial charge in [-0.3, -0.25) is 9.59 Å². The number of benzene rings is 2. The van der Waals surface area contributed by atoms with Crippen LogP contribution in [0.15, 0.2) is 64.6 Å². The van der Waals surface area contributed by atoms with Crippen molar-refractivity contribution in [2.45, 2.75) is 12.5 Å². The summed E-state index contributed by atoms with van der Waals surface area (Å²) in [6.45, 7) is 0.841. The van der Waals surface area contributed by atoms with Crippen molar-refractivity contribution >= 4 is 33.4 Å². The molecule has 1 heterocycles. The number of amides is 1. The molecule has 3 rings (SSSR count). The molecule has 0 saturated carbocycles. The molecule has 1 aliphatic rings. The maximum absolute atomic E-state index is 12.8. The Bertz CT molecular complexity index is 879. The average molecular weight is 430 g/mol. The Morgan fingerprint density at radius 2 is 1.89 bits per heavy atom. The molecule has 0 spiro atoms. The van der Waals surface area contributed by atoms with E-state index < -0.39 is 17.7 Å². The predicted octanol–water partition coefficient (Wildman–Crippen LogP) is 3.91. The molecule has 0 aromatic heterocycles. The number of hydrogen-bond acceptors (Lipinski definition) is 4. The number of ether oxygens (including phenoxy) is 1. The summed E-state index contributed by atoms with van der Waals surface area (Å²) in [4.78, 5) is 27.0. The second kappa shape index (κ2) is 8.50. The molecule has 1 unspecified atom stereocenters. The van der Waals surface area contributed by atoms with Gasteiger partial charge in [-0.1, -0.05) is 58.4 Å². The summed E-state index contributed by atoms with van der Waals surface area (Å²) in [5.41, 5.74) is 1.38. The van der Waals surface area contributed by atoms with E-state index in [1.165, 1.54) is 4.90 Å². The van der Waals surface area contributed by atoms with E-state index in [1.807, 2.05) is 30.3 Å². The SMILES string of the molecule is COCCCN1C(=O)C(=O)/C(=C(/O)c2ccccc2)C1c1cccc(Br)c1. The zero-order chi connectivity index (χ0) is 19.4. The number of ketones is 1. The van der Waals surface area contributed by atoms with Crippen LogP contribution in [0.1, 0.15) is 23.6 Å². The Hall–Kier alpha value is -2.44. The first-order valence-corrected chi connectivity index (χ1v) is 9.42. The Morgan fingerprint density at radius 3 is 2.56 bits per heavy atom. The van der Waals surface area contributed by atoms with Crippen LogP contribution < -0.4 is 0 Å². The highest BCUT2D eigenvalue weighted by atomic mass is 79.9. The molecule has 6 heteroatoms. The van der Waals surface area contributed by atoms with Crippen molar-refractivity contribution < 1.29 is 19.4 Å². The number of carbonyl (C=O) groups is 2. The Morgan fingerprint density at radius 1 is 1.15 bits per heavy atom. The number of methoxy groups -OCH3 is 1. The largest absolute Gasteiger partial charge is 0.507 e. The summed E-state index contributed by atoms with van der Waals surface area (Å²) >= 11 is 3.44. The number of rotatable bonds is 6. The monoisotopic (exact) mass is 429 g/mol. The van der Waals surface area contributed by atoms with Crippen molar-refractivity contribution in [2.75, 3.05) is 20.3 Å². The molecule has 140 valence electrons. The van der Waals surface area contributed by atoms with Crippen LogP contribution in [0.25, 0.3) is 5.76 Å². The molecule has 0 aliphatic carbocycles. The van der Waals surface area contributed by atoms with Gasteiger partial charge in [0, 0.05) is 30.3 Å². The summed E-state index contributed by atoms with van der Waals surface area (Å²) < 4.78 is 5.91. The lowest BCUT2D eigenvalue weighted by molar-refractivity contribution is -0.140. The molecule has 5 nitrogen and oxygen atoms in total. The molecule has 1 atom stereocenters. The van der Waals surface area contributed by atoms with Crippen molar-refractivity contribution in [3.05, 3.63) is 75.8 Å². The van der Waals surface area contributed by atoms with E-state index in [9.17, 15) is 14.7 Å². The lowest BCUT2D eigenvalue weighted by Crippen LogP contribution is -2.31. The van der Waals surface area contributed by atoms with Gasteiger partial charge in [-0.05, 0) is 24.1 Å². The molecule has 2 aromatic rings. The number of halogens is 1. The van der Waals surface area contributed by atoms with E-state index in [-0.39, 0.29) is 11.3 Å². The zero-order valence-corrected chi connectivity index (χ0v) is 16.5. The highest BCUT2D eigenvalue weighted by Crippen LogP contribution is 2.39. The minimum Gasteiger partial charge on any atom is -0.507 e. The normalized spacial score (nSPS) is 18.9. The lowest BCUT2D eigenvalue weighted by atomic mass is 9.95. The Balaban J connectivity index is 2.12. The lowest BCUT2D eigenvalue weighted by Gasteiger charge is -2.25. The molecule has 2 aromatic carbocycles. The van der Waals surface area contributed by atoms with Crippen LogP contribution in [0.2, 0.25) is 0 Å². The third-order valence-electron chi connectivity index (χ3n) is 4.50. The third kappa shape index (κ3) is 3.96. The van der Waals surface area contributed by atoms with Gasteiger partial charge in [-0.25, -0.2) is 0 Å². The molecule has 1 N–H and O–H groups in total. The van der Waals surface area contributed by atoms with E-state index >= 15 is 0 Å². The minimum absolute atomic E-state index is 0.113. The number of hydrogen-bond donors (Lipinski definition) is 1. The molecule has 1 amide bonds. The molecule has 1 saturated heterocycles. The standard InChI is InChI=1S/C21H20BrNO4/c1-27-12-6-11-23-18(15-9-5-10-16(22)13-15)17(20(25)21(23)26)19(24)14-7-3-2-4-8-14/h2-5,7-10,13,18,24H,6,11-12H2,1H3/b19-17+. The van der Waals surface area contributed by atoms with Gasteiger partial charge >= 0.3 is 0 Å². The first-order chi connectivity index (χ1) is 13.0. The van der Waals surface area contributed by atoms with E-state index in [2.05, 4.69) is 15.9 Å². The highest BCUT2D eigenvalue weighted by Gasteiger charge is 2.45. The summed E-state index contributed by atoms with van der Waals surface area (Å²) in [6, 6.07) is 15.6. The summed E-state index contributed by atoms with van der Waals surface area (Å²) in [7, 11) is 1.59. The topological polar surface area (TPSA) is 66.8 Å². The number of Topliss-reactive ketones (excluding diaryl/α,β-unsaturated/α-hetero) is 1. The molecule has 1 aliphatic heterocycles. The van der Waals surface area contributed by atoms with E-state index in [0.29, 0.717) is 25.1 Å². The summed E-state index contributed by atoms with van der Waals surface area (Å²) in [6.07, 6.45) is 0.597. The zero-order valence-electron chi connectivity index (χ0n) is 14.9. The maximum Gasteiger partial charge on any atom is 0.295 e. The second-order valence-electron chi connectivity index (χ2n) is 6.26. The number of aliphatic hydroxyl groups excluding tert-OH is 1. The molecule has 1 fully saturated rings. The van der Waals surface area contributed by atoms with Gasteiger partial charge in [0.15, 0.2) is 0 Å². The fraction of sp³-hybridized carbons (Fsp3) is 0.238. The third-order valence-corrected chi connectivity index (χ3v) is 4.99. The fourth-order valence-electron chi connectivity index (χ4n) is 3.26. The van der Waals surface area contributed by atoms with Crippen LogP contribution >= 0.6 is 15.9 Å². The number of aliphatic hydroxyl groups is 1. The van der Waals surface area contributed by atoms with E-state index in [4.69, 9.17) is 4.74 Å². The van der Waals surface area contributed by atoms with Crippen LogP contribution in [0.3, 0.4) is 0 Å². The van der Waals surface area contributed by atoms with Crippen LogP contribution in [-0.4, -0.2) is 42.0 Å². The maximum atomic E-state index is 12.8. The molecular weight excluding hydrogens is 410 g/mol. The van der Waals surface area contributed by atoms with Gasteiger partial charge in [0.25, 0.3) is 11.7 Å². The summed E-state index contributed by atoms with van der Waals surface area (Å²) in [5.74, 6) is -1.43. The quantitative estimate of drug-likeness (QED) is 0.327. The van der Waals surface area contributed by atoms with Crippen molar-refractivity contribution in [2.24, 2.45) is 0 Å². The predicted molar refractivity (Wildman–Crippen MR) is 106 cm³/mol. The first-order valence-electron chi connectivity index (χ1n) is 8.63. The molecule has 0 bridgehead atoms. The van der Waals surface area contributed by atoms with Gasteiger partial charge in [-0.2, -0.15) is 0 Å². The van der Waals surface area contributed by atoms with Gasteiger partial charge in [-0.15, -0.1) is 0 Å². The minimum atomic E-state index is -0.668. The second-order valence-corrected chi connectivity index (χ2v) is 7.18. The van der Waals surface area contributed by atoms with E-state index in [1.54, 1.807) is 31.4 Å². The van der Waals surface area contributed by atoms with Crippen molar-refractivity contribution in [1.29, 1.82) is 0 Å². The Kier molecular flexibility index (Phi) is 6.08. The summed E-state index contributed by atoms with van der Waals surface area (Å²) in [5, 5.41) is 10.8. The van der Waals surface area contributed by atoms with Crippen LogP contribution in [-0.2, 0) is 14.3 Å². The van der Waals surface area contributed by atoms with Gasteiger partial charge in [0.1, 0.15) is 5.76 Å².